The average Bonchev–Trinajstić information content (AvgIpc) is 2.29. The molecule has 3 nitrogen and oxygen atoms in total. The average molecular weight is 198 g/mol. The summed E-state index contributed by atoms with van der Waals surface area (Å²) in [4.78, 5) is 3.89. The predicted molar refractivity (Wildman–Crippen MR) is 58.6 cm³/mol. The molecule has 3 heteroatoms. The summed E-state index contributed by atoms with van der Waals surface area (Å²) in [5.41, 5.74) is 1.59. The summed E-state index contributed by atoms with van der Waals surface area (Å²) in [6.45, 7) is 0. The van der Waals surface area contributed by atoms with Crippen LogP contribution in [-0.4, -0.2) is 4.98 Å². The first-order valence-corrected chi connectivity index (χ1v) is 4.62. The lowest BCUT2D eigenvalue weighted by Crippen LogP contribution is -2.29. The second kappa shape index (κ2) is 4.37. The third-order valence-corrected chi connectivity index (χ3v) is 2.00. The molecule has 0 N–H and O–H groups in total. The fourth-order valence-electron chi connectivity index (χ4n) is 1.22. The van der Waals surface area contributed by atoms with Gasteiger partial charge in [-0.05, 0) is 11.6 Å². The molecule has 1 heterocycles. The molecule has 0 fully saturated rings. The number of rotatable bonds is 2. The number of nitrogens with zero attached hydrogens (tertiary/aromatic N) is 2. The van der Waals surface area contributed by atoms with Crippen LogP contribution in [-0.2, 0) is 0 Å². The van der Waals surface area contributed by atoms with Gasteiger partial charge in [0.1, 0.15) is 0 Å². The van der Waals surface area contributed by atoms with Crippen LogP contribution in [0.3, 0.4) is 0 Å². The molecule has 0 atom stereocenters. The van der Waals surface area contributed by atoms with Crippen molar-refractivity contribution in [3.05, 3.63) is 65.4 Å². The molecule has 0 bridgehead atoms. The van der Waals surface area contributed by atoms with E-state index in [1.807, 2.05) is 36.4 Å². The standard InChI is InChI=1S/C12H10N2O/c15-14-9-8-13-10-12(14)7-6-11-4-2-1-3-5-11/h1-10H. The zero-order valence-electron chi connectivity index (χ0n) is 8.08. The molecule has 0 unspecified atom stereocenters. The molecular formula is C12H10N2O. The first-order valence-electron chi connectivity index (χ1n) is 4.62. The van der Waals surface area contributed by atoms with Gasteiger partial charge in [0.2, 0.25) is 5.69 Å². The van der Waals surface area contributed by atoms with Crippen molar-refractivity contribution in [3.63, 3.8) is 0 Å². The summed E-state index contributed by atoms with van der Waals surface area (Å²) >= 11 is 0. The third kappa shape index (κ3) is 2.40. The predicted octanol–water partition coefficient (Wildman–Crippen LogP) is 1.89. The molecule has 2 aromatic rings. The minimum atomic E-state index is 0.529. The normalized spacial score (nSPS) is 10.7. The van der Waals surface area contributed by atoms with Gasteiger partial charge in [0.05, 0.1) is 12.4 Å². The SMILES string of the molecule is [O-][n+]1ccncc1C=Cc1ccccc1. The van der Waals surface area contributed by atoms with Gasteiger partial charge < -0.3 is 5.21 Å². The summed E-state index contributed by atoms with van der Waals surface area (Å²) in [6, 6.07) is 9.81. The Balaban J connectivity index is 2.23. The molecule has 15 heavy (non-hydrogen) atoms. The number of hydrogen-bond donors (Lipinski definition) is 0. The van der Waals surface area contributed by atoms with Crippen LogP contribution in [0.2, 0.25) is 0 Å². The van der Waals surface area contributed by atoms with Gasteiger partial charge in [0.25, 0.3) is 0 Å². The van der Waals surface area contributed by atoms with Gasteiger partial charge in [-0.1, -0.05) is 30.3 Å². The summed E-state index contributed by atoms with van der Waals surface area (Å²) < 4.78 is 0.784. The molecule has 1 aromatic carbocycles. The summed E-state index contributed by atoms with van der Waals surface area (Å²) in [5.74, 6) is 0. The van der Waals surface area contributed by atoms with Crippen molar-refractivity contribution < 1.29 is 4.73 Å². The van der Waals surface area contributed by atoms with Gasteiger partial charge in [0, 0.05) is 6.08 Å². The first kappa shape index (κ1) is 9.40. The smallest absolute Gasteiger partial charge is 0.234 e. The number of aromatic nitrogens is 2. The van der Waals surface area contributed by atoms with E-state index in [0.717, 1.165) is 10.3 Å². The van der Waals surface area contributed by atoms with Gasteiger partial charge in [-0.25, -0.2) is 0 Å². The van der Waals surface area contributed by atoms with E-state index < -0.39 is 0 Å². The molecule has 0 spiro atoms. The fraction of sp³-hybridized carbons (Fsp3) is 0. The van der Waals surface area contributed by atoms with Crippen molar-refractivity contribution in [2.75, 3.05) is 0 Å². The molecule has 2 rings (SSSR count). The number of benzene rings is 1. The first-order chi connectivity index (χ1) is 7.36. The van der Waals surface area contributed by atoms with Crippen molar-refractivity contribution in [1.29, 1.82) is 0 Å². The summed E-state index contributed by atoms with van der Waals surface area (Å²) in [7, 11) is 0. The Morgan fingerprint density at radius 3 is 2.67 bits per heavy atom. The van der Waals surface area contributed by atoms with E-state index in [1.165, 1.54) is 18.6 Å². The van der Waals surface area contributed by atoms with Gasteiger partial charge in [-0.15, -0.1) is 0 Å². The lowest BCUT2D eigenvalue weighted by molar-refractivity contribution is -0.608. The molecule has 0 saturated heterocycles. The maximum Gasteiger partial charge on any atom is 0.234 e. The van der Waals surface area contributed by atoms with Crippen LogP contribution in [0.25, 0.3) is 12.2 Å². The summed E-state index contributed by atoms with van der Waals surface area (Å²) in [6.07, 6.45) is 8.00. The zero-order chi connectivity index (χ0) is 10.5. The van der Waals surface area contributed by atoms with Crippen LogP contribution in [0.15, 0.2) is 48.9 Å². The van der Waals surface area contributed by atoms with Crippen LogP contribution in [0.5, 0.6) is 0 Å². The van der Waals surface area contributed by atoms with E-state index in [1.54, 1.807) is 6.08 Å². The lowest BCUT2D eigenvalue weighted by atomic mass is 10.2. The fourth-order valence-corrected chi connectivity index (χ4v) is 1.22. The maximum atomic E-state index is 11.3. The highest BCUT2D eigenvalue weighted by molar-refractivity contribution is 5.66. The zero-order valence-corrected chi connectivity index (χ0v) is 8.08. The molecule has 0 radical (unpaired) electrons. The Kier molecular flexibility index (Phi) is 2.74. The molecule has 1 aromatic heterocycles. The molecule has 0 aliphatic carbocycles. The Labute approximate surface area is 87.9 Å². The largest absolute Gasteiger partial charge is 0.618 e. The van der Waals surface area contributed by atoms with Crippen LogP contribution in [0.1, 0.15) is 11.3 Å². The van der Waals surface area contributed by atoms with Crippen molar-refractivity contribution in [3.8, 4) is 0 Å². The third-order valence-electron chi connectivity index (χ3n) is 2.00. The monoisotopic (exact) mass is 198 g/mol. The molecule has 74 valence electrons. The quantitative estimate of drug-likeness (QED) is 0.546. The number of hydrogen-bond acceptors (Lipinski definition) is 2. The van der Waals surface area contributed by atoms with Crippen molar-refractivity contribution in [2.24, 2.45) is 0 Å². The minimum absolute atomic E-state index is 0.529. The van der Waals surface area contributed by atoms with Crippen LogP contribution >= 0.6 is 0 Å². The topological polar surface area (TPSA) is 39.8 Å². The maximum absolute atomic E-state index is 11.3. The molecule has 0 amide bonds. The second-order valence-corrected chi connectivity index (χ2v) is 3.07. The summed E-state index contributed by atoms with van der Waals surface area (Å²) in [5, 5.41) is 11.3. The Bertz CT molecular complexity index is 466. The van der Waals surface area contributed by atoms with Crippen LogP contribution in [0, 0.1) is 5.21 Å². The van der Waals surface area contributed by atoms with E-state index in [9.17, 15) is 5.21 Å². The van der Waals surface area contributed by atoms with Crippen molar-refractivity contribution in [2.45, 2.75) is 0 Å². The molecule has 0 aliphatic rings. The van der Waals surface area contributed by atoms with Gasteiger partial charge >= 0.3 is 0 Å². The minimum Gasteiger partial charge on any atom is -0.618 e. The Morgan fingerprint density at radius 1 is 1.13 bits per heavy atom. The van der Waals surface area contributed by atoms with Crippen LogP contribution < -0.4 is 4.73 Å². The highest BCUT2D eigenvalue weighted by Crippen LogP contribution is 2.03. The Hall–Kier alpha value is -2.16. The van der Waals surface area contributed by atoms with E-state index >= 15 is 0 Å². The lowest BCUT2D eigenvalue weighted by Gasteiger charge is -1.97. The van der Waals surface area contributed by atoms with Gasteiger partial charge in [-0.3, -0.25) is 4.98 Å². The van der Waals surface area contributed by atoms with E-state index in [4.69, 9.17) is 0 Å². The van der Waals surface area contributed by atoms with Gasteiger partial charge in [0.15, 0.2) is 6.20 Å². The Morgan fingerprint density at radius 2 is 1.93 bits per heavy atom. The van der Waals surface area contributed by atoms with Crippen molar-refractivity contribution in [1.82, 2.24) is 4.98 Å². The van der Waals surface area contributed by atoms with E-state index in [-0.39, 0.29) is 0 Å². The molecule has 0 aliphatic heterocycles. The van der Waals surface area contributed by atoms with Crippen LogP contribution in [0.4, 0.5) is 0 Å². The van der Waals surface area contributed by atoms with Crippen molar-refractivity contribution >= 4 is 12.2 Å². The van der Waals surface area contributed by atoms with E-state index in [0.29, 0.717) is 5.69 Å². The highest BCUT2D eigenvalue weighted by atomic mass is 16.5. The molecular weight excluding hydrogens is 188 g/mol. The van der Waals surface area contributed by atoms with E-state index in [2.05, 4.69) is 4.98 Å². The van der Waals surface area contributed by atoms with Gasteiger partial charge in [-0.2, -0.15) is 4.73 Å². The second-order valence-electron chi connectivity index (χ2n) is 3.07. The molecule has 0 saturated carbocycles. The highest BCUT2D eigenvalue weighted by Gasteiger charge is 1.97.